The third kappa shape index (κ3) is 7.67. The summed E-state index contributed by atoms with van der Waals surface area (Å²) >= 11 is 0. The van der Waals surface area contributed by atoms with Crippen molar-refractivity contribution < 1.29 is 19.0 Å². The maximum atomic E-state index is 13.7. The summed E-state index contributed by atoms with van der Waals surface area (Å²) < 4.78 is 18.3. The second-order valence-corrected chi connectivity index (χ2v) is 11.8. The van der Waals surface area contributed by atoms with Crippen molar-refractivity contribution in [1.29, 1.82) is 0 Å². The van der Waals surface area contributed by atoms with Crippen molar-refractivity contribution >= 4 is 28.9 Å². The lowest BCUT2D eigenvalue weighted by molar-refractivity contribution is 0.102. The number of carbonyl (C=O) groups excluding carboxylic acids is 1. The molecule has 1 fully saturated rings. The Morgan fingerprint density at radius 2 is 1.54 bits per heavy atom. The highest BCUT2D eigenvalue weighted by Gasteiger charge is 2.22. The lowest BCUT2D eigenvalue weighted by Crippen LogP contribution is -2.44. The van der Waals surface area contributed by atoms with Gasteiger partial charge in [0.15, 0.2) is 11.5 Å². The molecule has 4 aromatic carbocycles. The minimum atomic E-state index is -0.394. The maximum Gasteiger partial charge on any atom is 0.262 e. The van der Waals surface area contributed by atoms with Crippen LogP contribution in [-0.4, -0.2) is 61.1 Å². The molecule has 0 bridgehead atoms. The summed E-state index contributed by atoms with van der Waals surface area (Å²) in [4.78, 5) is 27.6. The number of hydrogen-bond donors (Lipinski definition) is 2. The monoisotopic (exact) mass is 644 g/mol. The van der Waals surface area contributed by atoms with Crippen molar-refractivity contribution in [2.24, 2.45) is 0 Å². The normalized spacial score (nSPS) is 13.1. The SMILES string of the molecule is COc1cc(Nc2ncc(C(=O)Nc3c(C)cccc3C)c(Oc3ccccc3OCc3ccccc3)n2)ccc1N1CCN(C)CC1. The number of aromatic nitrogens is 2. The quantitative estimate of drug-likeness (QED) is 0.154. The molecular formula is C38H40N6O4. The lowest BCUT2D eigenvalue weighted by atomic mass is 10.1. The molecule has 10 heteroatoms. The number of nitrogens with zero attached hydrogens (tertiary/aromatic N) is 4. The summed E-state index contributed by atoms with van der Waals surface area (Å²) in [6.45, 7) is 8.08. The van der Waals surface area contributed by atoms with Crippen LogP contribution in [0.15, 0.2) is 97.2 Å². The lowest BCUT2D eigenvalue weighted by Gasteiger charge is -2.34. The number of carbonyl (C=O) groups is 1. The van der Waals surface area contributed by atoms with Gasteiger partial charge < -0.3 is 34.6 Å². The predicted octanol–water partition coefficient (Wildman–Crippen LogP) is 7.22. The molecule has 6 rings (SSSR count). The highest BCUT2D eigenvalue weighted by atomic mass is 16.5. The fourth-order valence-corrected chi connectivity index (χ4v) is 5.54. The van der Waals surface area contributed by atoms with E-state index in [1.54, 1.807) is 13.2 Å². The maximum absolute atomic E-state index is 13.7. The predicted molar refractivity (Wildman–Crippen MR) is 189 cm³/mol. The molecule has 0 radical (unpaired) electrons. The first-order valence-corrected chi connectivity index (χ1v) is 15.9. The highest BCUT2D eigenvalue weighted by Crippen LogP contribution is 2.35. The van der Waals surface area contributed by atoms with E-state index in [0.29, 0.717) is 18.1 Å². The number of methoxy groups -OCH3 is 1. The van der Waals surface area contributed by atoms with Gasteiger partial charge in [-0.05, 0) is 61.9 Å². The molecule has 5 aromatic rings. The van der Waals surface area contributed by atoms with Gasteiger partial charge in [0.05, 0.1) is 12.8 Å². The summed E-state index contributed by atoms with van der Waals surface area (Å²) in [5.74, 6) is 1.61. The first-order chi connectivity index (χ1) is 23.4. The number of para-hydroxylation sites is 3. The second kappa shape index (κ2) is 14.9. The van der Waals surface area contributed by atoms with Crippen LogP contribution in [0.2, 0.25) is 0 Å². The van der Waals surface area contributed by atoms with Crippen LogP contribution in [0.1, 0.15) is 27.0 Å². The zero-order chi connectivity index (χ0) is 33.5. The Kier molecular flexibility index (Phi) is 10.0. The van der Waals surface area contributed by atoms with E-state index >= 15 is 0 Å². The van der Waals surface area contributed by atoms with Crippen LogP contribution in [0.5, 0.6) is 23.1 Å². The number of rotatable bonds is 11. The number of likely N-dealkylation sites (N-methyl/N-ethyl adjacent to an activating group) is 1. The minimum absolute atomic E-state index is 0.0769. The fraction of sp³-hybridized carbons (Fsp3) is 0.237. The first kappa shape index (κ1) is 32.3. The average molecular weight is 645 g/mol. The first-order valence-electron chi connectivity index (χ1n) is 15.9. The number of benzene rings is 4. The number of piperazine rings is 1. The van der Waals surface area contributed by atoms with Crippen LogP contribution in [0.3, 0.4) is 0 Å². The van der Waals surface area contributed by atoms with Crippen LogP contribution in [0.25, 0.3) is 0 Å². The van der Waals surface area contributed by atoms with Crippen molar-refractivity contribution in [2.75, 3.05) is 55.9 Å². The number of anilines is 4. The van der Waals surface area contributed by atoms with Gasteiger partial charge in [0.25, 0.3) is 5.91 Å². The summed E-state index contributed by atoms with van der Waals surface area (Å²) in [6.07, 6.45) is 1.47. The molecule has 246 valence electrons. The van der Waals surface area contributed by atoms with Gasteiger partial charge in [-0.2, -0.15) is 4.98 Å². The Labute approximate surface area is 281 Å². The Morgan fingerprint density at radius 3 is 2.27 bits per heavy atom. The van der Waals surface area contributed by atoms with Gasteiger partial charge in [-0.1, -0.05) is 60.7 Å². The summed E-state index contributed by atoms with van der Waals surface area (Å²) in [7, 11) is 3.80. The van der Waals surface area contributed by atoms with E-state index in [1.165, 1.54) is 6.20 Å². The second-order valence-electron chi connectivity index (χ2n) is 11.8. The molecule has 1 aliphatic heterocycles. The highest BCUT2D eigenvalue weighted by molar-refractivity contribution is 6.06. The average Bonchev–Trinajstić information content (AvgIpc) is 3.10. The Morgan fingerprint density at radius 1 is 0.833 bits per heavy atom. The Hall–Kier alpha value is -5.61. The van der Waals surface area contributed by atoms with Crippen molar-refractivity contribution in [3.8, 4) is 23.1 Å². The Bertz CT molecular complexity index is 1860. The van der Waals surface area contributed by atoms with E-state index in [9.17, 15) is 4.79 Å². The van der Waals surface area contributed by atoms with Crippen molar-refractivity contribution in [1.82, 2.24) is 14.9 Å². The molecule has 10 nitrogen and oxygen atoms in total. The topological polar surface area (TPSA) is 101 Å². The molecule has 0 saturated carbocycles. The van der Waals surface area contributed by atoms with E-state index in [4.69, 9.17) is 14.2 Å². The van der Waals surface area contributed by atoms with E-state index in [2.05, 4.69) is 37.4 Å². The van der Waals surface area contributed by atoms with Crippen LogP contribution < -0.4 is 29.7 Å². The van der Waals surface area contributed by atoms with Gasteiger partial charge in [-0.3, -0.25) is 4.79 Å². The molecule has 2 N–H and O–H groups in total. The van der Waals surface area contributed by atoms with Gasteiger partial charge in [0.1, 0.15) is 17.9 Å². The summed E-state index contributed by atoms with van der Waals surface area (Å²) in [5, 5.41) is 6.30. The third-order valence-corrected chi connectivity index (χ3v) is 8.29. The van der Waals surface area contributed by atoms with Crippen LogP contribution in [0, 0.1) is 13.8 Å². The van der Waals surface area contributed by atoms with Gasteiger partial charge in [-0.25, -0.2) is 4.98 Å². The number of ether oxygens (including phenoxy) is 3. The molecule has 0 spiro atoms. The summed E-state index contributed by atoms with van der Waals surface area (Å²) in [5.41, 5.74) is 5.57. The van der Waals surface area contributed by atoms with Crippen LogP contribution in [-0.2, 0) is 6.61 Å². The van der Waals surface area contributed by atoms with Crippen molar-refractivity contribution in [2.45, 2.75) is 20.5 Å². The van der Waals surface area contributed by atoms with E-state index < -0.39 is 5.91 Å². The molecule has 1 aliphatic rings. The van der Waals surface area contributed by atoms with Crippen molar-refractivity contribution in [3.63, 3.8) is 0 Å². The zero-order valence-corrected chi connectivity index (χ0v) is 27.7. The Balaban J connectivity index is 1.30. The summed E-state index contributed by atoms with van der Waals surface area (Å²) in [6, 6.07) is 29.0. The number of amides is 1. The molecule has 1 amide bonds. The molecule has 0 atom stereocenters. The minimum Gasteiger partial charge on any atom is -0.495 e. The van der Waals surface area contributed by atoms with Gasteiger partial charge in [0, 0.05) is 49.8 Å². The fourth-order valence-electron chi connectivity index (χ4n) is 5.54. The number of hydrogen-bond acceptors (Lipinski definition) is 9. The van der Waals surface area contributed by atoms with Crippen LogP contribution in [0.4, 0.5) is 23.0 Å². The molecular weight excluding hydrogens is 604 g/mol. The number of aryl methyl sites for hydroxylation is 2. The molecule has 0 unspecified atom stereocenters. The van der Waals surface area contributed by atoms with Crippen molar-refractivity contribution in [3.05, 3.63) is 119 Å². The standard InChI is InChI=1S/C38H40N6O4/c1-26-11-10-12-27(2)35(26)41-36(45)30-24-39-38(40-29-17-18-31(34(23-29)46-4)44-21-19-43(3)20-22-44)42-37(30)48-33-16-9-8-15-32(33)47-25-28-13-6-5-7-14-28/h5-18,23-24H,19-22,25H2,1-4H3,(H,41,45)(H,39,40,42). The molecule has 48 heavy (non-hydrogen) atoms. The van der Waals surface area contributed by atoms with Gasteiger partial charge in [-0.15, -0.1) is 0 Å². The van der Waals surface area contributed by atoms with Gasteiger partial charge >= 0.3 is 0 Å². The van der Waals surface area contributed by atoms with E-state index in [1.807, 2.05) is 98.8 Å². The largest absolute Gasteiger partial charge is 0.495 e. The molecule has 2 heterocycles. The van der Waals surface area contributed by atoms with Crippen LogP contribution >= 0.6 is 0 Å². The smallest absolute Gasteiger partial charge is 0.262 e. The molecule has 1 saturated heterocycles. The molecule has 0 aliphatic carbocycles. The third-order valence-electron chi connectivity index (χ3n) is 8.29. The van der Waals surface area contributed by atoms with Gasteiger partial charge in [0.2, 0.25) is 11.8 Å². The zero-order valence-electron chi connectivity index (χ0n) is 27.7. The van der Waals surface area contributed by atoms with E-state index in [0.717, 1.165) is 65.7 Å². The van der Waals surface area contributed by atoms with E-state index in [-0.39, 0.29) is 17.4 Å². The molecule has 1 aromatic heterocycles. The number of nitrogens with one attached hydrogen (secondary N) is 2.